The maximum atomic E-state index is 3.70. The number of benzene rings is 3. The second kappa shape index (κ2) is 10.1. The lowest BCUT2D eigenvalue weighted by Crippen LogP contribution is -2.17. The minimum atomic E-state index is 0.790. The zero-order chi connectivity index (χ0) is 20.5. The third kappa shape index (κ3) is 5.49. The molecule has 0 amide bonds. The summed E-state index contributed by atoms with van der Waals surface area (Å²) in [6.07, 6.45) is 9.91. The first-order valence-corrected chi connectivity index (χ1v) is 9.86. The number of para-hydroxylation sites is 1. The van der Waals surface area contributed by atoms with Gasteiger partial charge in [-0.3, -0.25) is 0 Å². The van der Waals surface area contributed by atoms with Gasteiger partial charge in [-0.1, -0.05) is 67.3 Å². The molecular formula is C27H28N2. The Bertz CT molecular complexity index is 969. The third-order valence-corrected chi connectivity index (χ3v) is 4.79. The zero-order valence-corrected chi connectivity index (χ0v) is 17.2. The van der Waals surface area contributed by atoms with Crippen LogP contribution < -0.4 is 9.80 Å². The van der Waals surface area contributed by atoms with E-state index < -0.39 is 0 Å². The molecule has 0 spiro atoms. The monoisotopic (exact) mass is 380 g/mol. The standard InChI is InChI=1S/C27H28N2/c1-4-5-6-7-11-21-29(25-14-9-8-10-15-25)26-19-17-24(18-20-26)28(3)27-16-12-13-23(2)22-27/h4-20,22H,1,21H2,2-3H3/b6-5-,11-7-. The van der Waals surface area contributed by atoms with E-state index in [0.29, 0.717) is 0 Å². The van der Waals surface area contributed by atoms with Crippen LogP contribution in [0.1, 0.15) is 5.56 Å². The fourth-order valence-electron chi connectivity index (χ4n) is 3.20. The molecule has 0 aliphatic carbocycles. The maximum Gasteiger partial charge on any atom is 0.0415 e. The van der Waals surface area contributed by atoms with Gasteiger partial charge in [-0.2, -0.15) is 0 Å². The molecule has 0 N–H and O–H groups in total. The van der Waals surface area contributed by atoms with Crippen molar-refractivity contribution in [2.24, 2.45) is 0 Å². The van der Waals surface area contributed by atoms with Crippen LogP contribution in [0.3, 0.4) is 0 Å². The lowest BCUT2D eigenvalue weighted by atomic mass is 10.1. The molecule has 3 aromatic carbocycles. The highest BCUT2D eigenvalue weighted by Crippen LogP contribution is 2.29. The Hall–Kier alpha value is -3.52. The number of nitrogens with zero attached hydrogens (tertiary/aromatic N) is 2. The first-order valence-electron chi connectivity index (χ1n) is 9.86. The van der Waals surface area contributed by atoms with Gasteiger partial charge in [0.15, 0.2) is 0 Å². The molecule has 3 rings (SSSR count). The van der Waals surface area contributed by atoms with E-state index in [4.69, 9.17) is 0 Å². The molecule has 2 nitrogen and oxygen atoms in total. The molecule has 0 atom stereocenters. The molecule has 29 heavy (non-hydrogen) atoms. The van der Waals surface area contributed by atoms with Crippen LogP contribution >= 0.6 is 0 Å². The summed E-state index contributed by atoms with van der Waals surface area (Å²) in [6.45, 7) is 6.61. The third-order valence-electron chi connectivity index (χ3n) is 4.79. The van der Waals surface area contributed by atoms with Crippen LogP contribution in [0.2, 0.25) is 0 Å². The van der Waals surface area contributed by atoms with Crippen LogP contribution in [0.4, 0.5) is 22.7 Å². The van der Waals surface area contributed by atoms with Crippen molar-refractivity contribution in [2.45, 2.75) is 6.92 Å². The summed E-state index contributed by atoms with van der Waals surface area (Å²) in [7, 11) is 2.10. The molecule has 0 radical (unpaired) electrons. The normalized spacial score (nSPS) is 11.1. The van der Waals surface area contributed by atoms with Gasteiger partial charge in [0.1, 0.15) is 0 Å². The quantitative estimate of drug-likeness (QED) is 0.381. The van der Waals surface area contributed by atoms with E-state index in [-0.39, 0.29) is 0 Å². The van der Waals surface area contributed by atoms with Gasteiger partial charge in [-0.15, -0.1) is 0 Å². The number of anilines is 4. The van der Waals surface area contributed by atoms with Crippen molar-refractivity contribution in [3.63, 3.8) is 0 Å². The average molecular weight is 381 g/mol. The van der Waals surface area contributed by atoms with Crippen molar-refractivity contribution in [3.8, 4) is 0 Å². The van der Waals surface area contributed by atoms with Crippen molar-refractivity contribution < 1.29 is 0 Å². The Kier molecular flexibility index (Phi) is 7.07. The molecule has 0 aliphatic rings. The van der Waals surface area contributed by atoms with Gasteiger partial charge in [-0.05, 0) is 61.0 Å². The summed E-state index contributed by atoms with van der Waals surface area (Å²) in [5, 5.41) is 0. The molecule has 0 aromatic heterocycles. The fourth-order valence-corrected chi connectivity index (χ4v) is 3.20. The molecule has 0 unspecified atom stereocenters. The average Bonchev–Trinajstić information content (AvgIpc) is 2.76. The predicted molar refractivity (Wildman–Crippen MR) is 128 cm³/mol. The van der Waals surface area contributed by atoms with Crippen molar-refractivity contribution in [3.05, 3.63) is 121 Å². The van der Waals surface area contributed by atoms with Crippen LogP contribution in [0.15, 0.2) is 116 Å². The smallest absolute Gasteiger partial charge is 0.0415 e. The van der Waals surface area contributed by atoms with Crippen molar-refractivity contribution in [2.75, 3.05) is 23.4 Å². The zero-order valence-electron chi connectivity index (χ0n) is 17.2. The Morgan fingerprint density at radius 2 is 1.38 bits per heavy atom. The molecule has 3 aromatic rings. The van der Waals surface area contributed by atoms with E-state index in [0.717, 1.165) is 17.9 Å². The largest absolute Gasteiger partial charge is 0.345 e. The highest BCUT2D eigenvalue weighted by atomic mass is 15.1. The topological polar surface area (TPSA) is 6.48 Å². The number of hydrogen-bond acceptors (Lipinski definition) is 2. The van der Waals surface area contributed by atoms with Gasteiger partial charge >= 0.3 is 0 Å². The molecular weight excluding hydrogens is 352 g/mol. The second-order valence-corrected chi connectivity index (χ2v) is 6.91. The summed E-state index contributed by atoms with van der Waals surface area (Å²) < 4.78 is 0. The van der Waals surface area contributed by atoms with E-state index in [9.17, 15) is 0 Å². The summed E-state index contributed by atoms with van der Waals surface area (Å²) in [5.74, 6) is 0. The molecule has 0 heterocycles. The Morgan fingerprint density at radius 1 is 0.724 bits per heavy atom. The van der Waals surface area contributed by atoms with Crippen molar-refractivity contribution >= 4 is 22.7 Å². The number of allylic oxidation sites excluding steroid dienone is 4. The van der Waals surface area contributed by atoms with Gasteiger partial charge in [0, 0.05) is 36.3 Å². The summed E-state index contributed by atoms with van der Waals surface area (Å²) >= 11 is 0. The van der Waals surface area contributed by atoms with Gasteiger partial charge in [0.05, 0.1) is 0 Å². The molecule has 0 fully saturated rings. The predicted octanol–water partition coefficient (Wildman–Crippen LogP) is 7.20. The number of hydrogen-bond donors (Lipinski definition) is 0. The second-order valence-electron chi connectivity index (χ2n) is 6.91. The Morgan fingerprint density at radius 3 is 2.07 bits per heavy atom. The lowest BCUT2D eigenvalue weighted by Gasteiger charge is -2.25. The molecule has 0 saturated heterocycles. The van der Waals surface area contributed by atoms with E-state index in [2.05, 4.69) is 115 Å². The molecule has 0 bridgehead atoms. The van der Waals surface area contributed by atoms with E-state index in [1.807, 2.05) is 18.2 Å². The first-order chi connectivity index (χ1) is 14.2. The van der Waals surface area contributed by atoms with Gasteiger partial charge < -0.3 is 9.80 Å². The van der Waals surface area contributed by atoms with Crippen molar-refractivity contribution in [1.82, 2.24) is 0 Å². The van der Waals surface area contributed by atoms with Gasteiger partial charge in [0.25, 0.3) is 0 Å². The summed E-state index contributed by atoms with van der Waals surface area (Å²) in [5.41, 5.74) is 5.95. The lowest BCUT2D eigenvalue weighted by molar-refractivity contribution is 1.09. The highest BCUT2D eigenvalue weighted by molar-refractivity contribution is 5.69. The Balaban J connectivity index is 1.83. The van der Waals surface area contributed by atoms with Crippen LogP contribution in [-0.2, 0) is 0 Å². The molecule has 146 valence electrons. The highest BCUT2D eigenvalue weighted by Gasteiger charge is 2.09. The summed E-state index contributed by atoms with van der Waals surface area (Å²) in [4.78, 5) is 4.51. The number of aryl methyl sites for hydroxylation is 1. The van der Waals surface area contributed by atoms with Crippen molar-refractivity contribution in [1.29, 1.82) is 0 Å². The maximum absolute atomic E-state index is 3.70. The van der Waals surface area contributed by atoms with E-state index in [1.54, 1.807) is 6.08 Å². The van der Waals surface area contributed by atoms with E-state index >= 15 is 0 Å². The minimum Gasteiger partial charge on any atom is -0.345 e. The van der Waals surface area contributed by atoms with Gasteiger partial charge in [-0.25, -0.2) is 0 Å². The fraction of sp³-hybridized carbons (Fsp3) is 0.111. The Labute approximate surface area is 174 Å². The molecule has 0 aliphatic heterocycles. The summed E-state index contributed by atoms with van der Waals surface area (Å²) in [6, 6.07) is 27.7. The van der Waals surface area contributed by atoms with Crippen LogP contribution in [0, 0.1) is 6.92 Å². The van der Waals surface area contributed by atoms with E-state index in [1.165, 1.54) is 16.9 Å². The minimum absolute atomic E-state index is 0.790. The molecule has 0 saturated carbocycles. The van der Waals surface area contributed by atoms with Gasteiger partial charge in [0.2, 0.25) is 0 Å². The SMILES string of the molecule is C=C/C=C\C=C/CN(c1ccccc1)c1ccc(N(C)c2cccc(C)c2)cc1. The van der Waals surface area contributed by atoms with Crippen LogP contribution in [-0.4, -0.2) is 13.6 Å². The molecule has 2 heteroatoms. The number of rotatable bonds is 8. The van der Waals surface area contributed by atoms with Crippen LogP contribution in [0.25, 0.3) is 0 Å². The van der Waals surface area contributed by atoms with Crippen LogP contribution in [0.5, 0.6) is 0 Å². The first kappa shape index (κ1) is 20.2.